The lowest BCUT2D eigenvalue weighted by atomic mass is 10.1. The molecule has 1 heterocycles. The lowest BCUT2D eigenvalue weighted by Gasteiger charge is -2.26. The van der Waals surface area contributed by atoms with Gasteiger partial charge in [0.15, 0.2) is 0 Å². The second kappa shape index (κ2) is 8.49. The number of benzene rings is 2. The van der Waals surface area contributed by atoms with E-state index in [0.29, 0.717) is 24.7 Å². The van der Waals surface area contributed by atoms with Crippen LogP contribution in [0, 0.1) is 18.6 Å². The van der Waals surface area contributed by atoms with Gasteiger partial charge in [0.05, 0.1) is 16.1 Å². The van der Waals surface area contributed by atoms with E-state index in [1.165, 1.54) is 22.5 Å². The number of amides is 2. The first kappa shape index (κ1) is 21.8. The van der Waals surface area contributed by atoms with Crippen LogP contribution in [-0.4, -0.2) is 37.6 Å². The summed E-state index contributed by atoms with van der Waals surface area (Å²) in [6.07, 6.45) is 2.50. The fourth-order valence-electron chi connectivity index (χ4n) is 3.28. The molecule has 0 aliphatic carbocycles. The average Bonchev–Trinajstić information content (AvgIpc) is 2.70. The highest BCUT2D eigenvalue weighted by atomic mass is 32.2. The van der Waals surface area contributed by atoms with Crippen LogP contribution in [0.2, 0.25) is 0 Å². The van der Waals surface area contributed by atoms with Crippen molar-refractivity contribution < 1.29 is 26.8 Å². The third-order valence-electron chi connectivity index (χ3n) is 4.98. The van der Waals surface area contributed by atoms with Gasteiger partial charge >= 0.3 is 0 Å². The molecule has 0 spiro atoms. The van der Waals surface area contributed by atoms with Crippen LogP contribution in [0.1, 0.15) is 45.5 Å². The van der Waals surface area contributed by atoms with Gasteiger partial charge in [0, 0.05) is 24.7 Å². The summed E-state index contributed by atoms with van der Waals surface area (Å²) in [7, 11) is -3.77. The monoisotopic (exact) mass is 437 g/mol. The molecule has 10 heteroatoms. The zero-order valence-corrected chi connectivity index (χ0v) is 17.1. The Morgan fingerprint density at radius 1 is 1.00 bits per heavy atom. The highest BCUT2D eigenvalue weighted by molar-refractivity contribution is 7.89. The van der Waals surface area contributed by atoms with Crippen molar-refractivity contribution in [2.75, 3.05) is 18.4 Å². The van der Waals surface area contributed by atoms with Crippen molar-refractivity contribution in [2.24, 2.45) is 5.73 Å². The molecule has 2 amide bonds. The molecule has 0 unspecified atom stereocenters. The predicted octanol–water partition coefficient (Wildman–Crippen LogP) is 2.80. The predicted molar refractivity (Wildman–Crippen MR) is 107 cm³/mol. The van der Waals surface area contributed by atoms with Gasteiger partial charge < -0.3 is 11.1 Å². The van der Waals surface area contributed by atoms with Crippen LogP contribution >= 0.6 is 0 Å². The van der Waals surface area contributed by atoms with Crippen molar-refractivity contribution >= 4 is 27.5 Å². The van der Waals surface area contributed by atoms with Crippen LogP contribution in [-0.2, 0) is 10.0 Å². The number of carbonyl (C=O) groups is 2. The molecule has 3 N–H and O–H groups in total. The van der Waals surface area contributed by atoms with Crippen LogP contribution in [0.25, 0.3) is 0 Å². The van der Waals surface area contributed by atoms with Gasteiger partial charge in [0.1, 0.15) is 11.6 Å². The quantitative estimate of drug-likeness (QED) is 0.750. The minimum atomic E-state index is -3.77. The molecule has 1 saturated heterocycles. The number of nitrogens with two attached hydrogens (primary N) is 1. The standard InChI is InChI=1S/C20H21F2N3O4S/c1-12-5-6-13(30(28,29)25-7-3-2-4-8-25)9-14(12)20(27)24-18-10-15(19(23)26)16(21)11-17(18)22/h5-6,9-11H,2-4,7-8H2,1H3,(H2,23,26)(H,24,27). The number of hydrogen-bond acceptors (Lipinski definition) is 4. The molecule has 0 bridgehead atoms. The van der Waals surface area contributed by atoms with Crippen LogP contribution in [0.3, 0.4) is 0 Å². The summed E-state index contributed by atoms with van der Waals surface area (Å²) in [6, 6.07) is 5.38. The molecular weight excluding hydrogens is 416 g/mol. The number of anilines is 1. The van der Waals surface area contributed by atoms with Crippen molar-refractivity contribution in [1.29, 1.82) is 0 Å². The third kappa shape index (κ3) is 4.34. The molecular formula is C20H21F2N3O4S. The van der Waals surface area contributed by atoms with Gasteiger partial charge in [-0.25, -0.2) is 17.2 Å². The maximum Gasteiger partial charge on any atom is 0.256 e. The Bertz CT molecular complexity index is 1110. The summed E-state index contributed by atoms with van der Waals surface area (Å²) < 4.78 is 54.9. The highest BCUT2D eigenvalue weighted by Crippen LogP contribution is 2.25. The van der Waals surface area contributed by atoms with Crippen molar-refractivity contribution in [1.82, 2.24) is 4.31 Å². The van der Waals surface area contributed by atoms with Gasteiger partial charge in [-0.3, -0.25) is 9.59 Å². The number of halogens is 2. The highest BCUT2D eigenvalue weighted by Gasteiger charge is 2.27. The van der Waals surface area contributed by atoms with Gasteiger partial charge in [-0.05, 0) is 43.5 Å². The van der Waals surface area contributed by atoms with Gasteiger partial charge in [0.25, 0.3) is 11.8 Å². The fourth-order valence-corrected chi connectivity index (χ4v) is 4.83. The third-order valence-corrected chi connectivity index (χ3v) is 6.87. The summed E-state index contributed by atoms with van der Waals surface area (Å²) in [6.45, 7) is 2.42. The van der Waals surface area contributed by atoms with Gasteiger partial charge in [-0.1, -0.05) is 12.5 Å². The zero-order chi connectivity index (χ0) is 22.1. The second-order valence-electron chi connectivity index (χ2n) is 7.07. The molecule has 3 rings (SSSR count). The molecule has 0 saturated carbocycles. The first-order valence-corrected chi connectivity index (χ1v) is 10.8. The molecule has 1 aliphatic heterocycles. The molecule has 1 aliphatic rings. The smallest absolute Gasteiger partial charge is 0.256 e. The van der Waals surface area contributed by atoms with Crippen molar-refractivity contribution in [3.05, 3.63) is 58.7 Å². The Labute approximate surface area is 172 Å². The number of hydrogen-bond donors (Lipinski definition) is 2. The average molecular weight is 437 g/mol. The number of aryl methyl sites for hydroxylation is 1. The van der Waals surface area contributed by atoms with E-state index in [1.54, 1.807) is 6.92 Å². The van der Waals surface area contributed by atoms with Gasteiger partial charge in [-0.15, -0.1) is 0 Å². The molecule has 7 nitrogen and oxygen atoms in total. The summed E-state index contributed by atoms with van der Waals surface area (Å²) in [5.41, 5.74) is 4.50. The van der Waals surface area contributed by atoms with Crippen molar-refractivity contribution in [2.45, 2.75) is 31.1 Å². The number of piperidine rings is 1. The van der Waals surface area contributed by atoms with Crippen LogP contribution < -0.4 is 11.1 Å². The molecule has 0 radical (unpaired) electrons. The molecule has 0 aromatic heterocycles. The first-order chi connectivity index (χ1) is 14.1. The molecule has 30 heavy (non-hydrogen) atoms. The van der Waals surface area contributed by atoms with Crippen molar-refractivity contribution in [3.8, 4) is 0 Å². The van der Waals surface area contributed by atoms with E-state index in [2.05, 4.69) is 5.32 Å². The first-order valence-electron chi connectivity index (χ1n) is 9.32. The normalized spacial score (nSPS) is 15.0. The number of nitrogens with zero attached hydrogens (tertiary/aromatic N) is 1. The summed E-state index contributed by atoms with van der Waals surface area (Å²) >= 11 is 0. The number of primary amides is 1. The molecule has 160 valence electrons. The Morgan fingerprint density at radius 3 is 2.30 bits per heavy atom. The largest absolute Gasteiger partial charge is 0.366 e. The minimum Gasteiger partial charge on any atom is -0.366 e. The number of carbonyl (C=O) groups excluding carboxylic acids is 2. The number of sulfonamides is 1. The summed E-state index contributed by atoms with van der Waals surface area (Å²) in [4.78, 5) is 23.9. The van der Waals surface area contributed by atoms with E-state index in [-0.39, 0.29) is 10.5 Å². The number of rotatable bonds is 5. The fraction of sp³-hybridized carbons (Fsp3) is 0.300. The summed E-state index contributed by atoms with van der Waals surface area (Å²) in [5, 5.41) is 2.25. The Balaban J connectivity index is 1.93. The molecule has 2 aromatic carbocycles. The van der Waals surface area contributed by atoms with Crippen LogP contribution in [0.15, 0.2) is 35.2 Å². The van der Waals surface area contributed by atoms with Crippen LogP contribution in [0.4, 0.5) is 14.5 Å². The maximum absolute atomic E-state index is 14.1. The van der Waals surface area contributed by atoms with Crippen LogP contribution in [0.5, 0.6) is 0 Å². The zero-order valence-electron chi connectivity index (χ0n) is 16.2. The van der Waals surface area contributed by atoms with E-state index in [4.69, 9.17) is 5.73 Å². The maximum atomic E-state index is 14.1. The lowest BCUT2D eigenvalue weighted by Crippen LogP contribution is -2.35. The molecule has 1 fully saturated rings. The topological polar surface area (TPSA) is 110 Å². The molecule has 2 aromatic rings. The summed E-state index contributed by atoms with van der Waals surface area (Å²) in [5.74, 6) is -4.16. The van der Waals surface area contributed by atoms with E-state index in [0.717, 1.165) is 25.3 Å². The number of nitrogens with one attached hydrogen (secondary N) is 1. The van der Waals surface area contributed by atoms with E-state index in [1.807, 2.05) is 0 Å². The SMILES string of the molecule is Cc1ccc(S(=O)(=O)N2CCCCC2)cc1C(=O)Nc1cc(C(N)=O)c(F)cc1F. The lowest BCUT2D eigenvalue weighted by molar-refractivity contribution is 0.0992. The Kier molecular flexibility index (Phi) is 6.18. The van der Waals surface area contributed by atoms with Crippen molar-refractivity contribution in [3.63, 3.8) is 0 Å². The Morgan fingerprint density at radius 2 is 1.67 bits per heavy atom. The van der Waals surface area contributed by atoms with Gasteiger partial charge in [-0.2, -0.15) is 4.31 Å². The minimum absolute atomic E-state index is 0.0115. The van der Waals surface area contributed by atoms with E-state index in [9.17, 15) is 26.8 Å². The van der Waals surface area contributed by atoms with E-state index < -0.39 is 44.7 Å². The molecule has 0 atom stereocenters. The van der Waals surface area contributed by atoms with E-state index >= 15 is 0 Å². The van der Waals surface area contributed by atoms with Gasteiger partial charge in [0.2, 0.25) is 10.0 Å². The Hall–Kier alpha value is -2.85. The second-order valence-corrected chi connectivity index (χ2v) is 9.01.